The topological polar surface area (TPSA) is 59.9 Å². The summed E-state index contributed by atoms with van der Waals surface area (Å²) in [4.78, 5) is 17.0. The Bertz CT molecular complexity index is 1000. The summed E-state index contributed by atoms with van der Waals surface area (Å²) in [6.45, 7) is 0.265. The molecule has 6 heteroatoms. The summed E-state index contributed by atoms with van der Waals surface area (Å²) < 4.78 is 6.06. The summed E-state index contributed by atoms with van der Waals surface area (Å²) in [5.41, 5.74) is 1.66. The van der Waals surface area contributed by atoms with E-state index >= 15 is 0 Å². The number of carbonyl (C=O) groups excluding carboxylic acids is 1. The lowest BCUT2D eigenvalue weighted by molar-refractivity contribution is -0.114. The fourth-order valence-corrected chi connectivity index (χ4v) is 3.04. The van der Waals surface area contributed by atoms with Gasteiger partial charge in [0.1, 0.15) is 19.5 Å². The van der Waals surface area contributed by atoms with Crippen molar-refractivity contribution in [1.29, 1.82) is 0 Å². The molecule has 0 unspecified atom stereocenters. The molecule has 27 heavy (non-hydrogen) atoms. The minimum absolute atomic E-state index is 0.195. The molecular formula is C21H19ClN2O3. The van der Waals surface area contributed by atoms with Gasteiger partial charge in [0.05, 0.1) is 0 Å². The van der Waals surface area contributed by atoms with Crippen molar-refractivity contribution in [3.8, 4) is 5.75 Å². The van der Waals surface area contributed by atoms with Gasteiger partial charge in [-0.2, -0.15) is 0 Å². The zero-order valence-corrected chi connectivity index (χ0v) is 15.8. The third-order valence-electron chi connectivity index (χ3n) is 4.11. The number of carbonyl (C=O) groups is 1. The molecule has 0 fully saturated rings. The first-order valence-corrected chi connectivity index (χ1v) is 8.75. The van der Waals surface area contributed by atoms with E-state index in [1.54, 1.807) is 7.05 Å². The first kappa shape index (κ1) is 18.7. The van der Waals surface area contributed by atoms with E-state index in [-0.39, 0.29) is 18.2 Å². The van der Waals surface area contributed by atoms with Gasteiger partial charge < -0.3 is 14.9 Å². The Hall–Kier alpha value is -3.05. The number of nitrogens with zero attached hydrogens (tertiary/aromatic N) is 1. The lowest BCUT2D eigenvalue weighted by Crippen LogP contribution is -2.29. The Balaban J connectivity index is 1.93. The van der Waals surface area contributed by atoms with Gasteiger partial charge in [0, 0.05) is 28.4 Å². The fraction of sp³-hybridized carbons (Fsp3) is 0.143. The van der Waals surface area contributed by atoms with E-state index in [1.165, 1.54) is 7.11 Å². The van der Waals surface area contributed by atoms with Crippen LogP contribution in [0.15, 0.2) is 65.8 Å². The number of hydrogen-bond acceptors (Lipinski definition) is 4. The summed E-state index contributed by atoms with van der Waals surface area (Å²) in [5.74, 6) is 0.385. The highest BCUT2D eigenvalue weighted by Crippen LogP contribution is 2.31. The van der Waals surface area contributed by atoms with Crippen LogP contribution in [0.3, 0.4) is 0 Å². The van der Waals surface area contributed by atoms with Crippen LogP contribution in [0.5, 0.6) is 5.75 Å². The third kappa shape index (κ3) is 4.04. The van der Waals surface area contributed by atoms with Gasteiger partial charge in [-0.25, -0.2) is 0 Å². The standard InChI is InChI=1S/C21H19ClN2O3/c1-23-21(25)20(24-26-2)15-8-4-3-7-14(15)13-27-19-12-11-18(22)16-9-5-6-10-17(16)19/h3-12H,13H2,1-2H3,(H,23,25)/b24-20-. The van der Waals surface area contributed by atoms with Gasteiger partial charge in [-0.05, 0) is 17.7 Å². The summed E-state index contributed by atoms with van der Waals surface area (Å²) in [6, 6.07) is 18.9. The second-order valence-corrected chi connectivity index (χ2v) is 6.15. The second kappa shape index (κ2) is 8.56. The van der Waals surface area contributed by atoms with E-state index in [1.807, 2.05) is 60.7 Å². The molecule has 3 rings (SSSR count). The summed E-state index contributed by atoms with van der Waals surface area (Å²) in [7, 11) is 2.95. The number of fused-ring (bicyclic) bond motifs is 1. The number of oxime groups is 1. The Morgan fingerprint density at radius 1 is 1.04 bits per heavy atom. The molecule has 0 saturated carbocycles. The number of amides is 1. The van der Waals surface area contributed by atoms with Crippen molar-refractivity contribution < 1.29 is 14.4 Å². The van der Waals surface area contributed by atoms with Gasteiger partial charge in [0.25, 0.3) is 5.91 Å². The van der Waals surface area contributed by atoms with Crippen molar-refractivity contribution in [2.45, 2.75) is 6.61 Å². The summed E-state index contributed by atoms with van der Waals surface area (Å²) >= 11 is 6.27. The van der Waals surface area contributed by atoms with Gasteiger partial charge in [-0.3, -0.25) is 4.79 Å². The third-order valence-corrected chi connectivity index (χ3v) is 4.44. The Kier molecular flexibility index (Phi) is 5.94. The molecule has 138 valence electrons. The fourth-order valence-electron chi connectivity index (χ4n) is 2.82. The van der Waals surface area contributed by atoms with Crippen LogP contribution in [0.2, 0.25) is 5.02 Å². The minimum Gasteiger partial charge on any atom is -0.488 e. The molecule has 0 bridgehead atoms. The predicted molar refractivity (Wildman–Crippen MR) is 107 cm³/mol. The molecule has 5 nitrogen and oxygen atoms in total. The van der Waals surface area contributed by atoms with Crippen molar-refractivity contribution in [2.75, 3.05) is 14.2 Å². The molecule has 0 atom stereocenters. The minimum atomic E-state index is -0.332. The number of likely N-dealkylation sites (N-methyl/N-ethyl adjacent to an activating group) is 1. The van der Waals surface area contributed by atoms with Crippen LogP contribution in [-0.2, 0) is 16.2 Å². The number of rotatable bonds is 6. The van der Waals surface area contributed by atoms with E-state index in [0.717, 1.165) is 22.1 Å². The molecule has 1 amide bonds. The summed E-state index contributed by atoms with van der Waals surface area (Å²) in [6.07, 6.45) is 0. The normalized spacial score (nSPS) is 11.3. The SMILES string of the molecule is CNC(=O)/C(=N\OC)c1ccccc1COc1ccc(Cl)c2ccccc12. The molecule has 0 spiro atoms. The van der Waals surface area contributed by atoms with Crippen LogP contribution in [-0.4, -0.2) is 25.8 Å². The van der Waals surface area contributed by atoms with E-state index in [4.69, 9.17) is 21.2 Å². The number of benzene rings is 3. The maximum Gasteiger partial charge on any atom is 0.273 e. The molecule has 0 heterocycles. The number of nitrogens with one attached hydrogen (secondary N) is 1. The largest absolute Gasteiger partial charge is 0.488 e. The molecule has 0 saturated heterocycles. The van der Waals surface area contributed by atoms with Crippen molar-refractivity contribution in [1.82, 2.24) is 5.32 Å². The number of ether oxygens (including phenoxy) is 1. The van der Waals surface area contributed by atoms with E-state index in [0.29, 0.717) is 10.6 Å². The predicted octanol–water partition coefficient (Wildman–Crippen LogP) is 4.17. The summed E-state index contributed by atoms with van der Waals surface area (Å²) in [5, 5.41) is 8.98. The van der Waals surface area contributed by atoms with Crippen molar-refractivity contribution in [3.05, 3.63) is 76.8 Å². The maximum atomic E-state index is 12.2. The van der Waals surface area contributed by atoms with Crippen LogP contribution in [0, 0.1) is 0 Å². The van der Waals surface area contributed by atoms with E-state index < -0.39 is 0 Å². The van der Waals surface area contributed by atoms with Crippen LogP contribution in [0.25, 0.3) is 10.8 Å². The van der Waals surface area contributed by atoms with Crippen molar-refractivity contribution in [2.24, 2.45) is 5.16 Å². The Morgan fingerprint density at radius 3 is 2.48 bits per heavy atom. The number of hydrogen-bond donors (Lipinski definition) is 1. The van der Waals surface area contributed by atoms with Gasteiger partial charge in [0.2, 0.25) is 0 Å². The first-order valence-electron chi connectivity index (χ1n) is 8.37. The zero-order valence-electron chi connectivity index (χ0n) is 15.0. The first-order chi connectivity index (χ1) is 13.2. The molecule has 0 aliphatic heterocycles. The average molecular weight is 383 g/mol. The average Bonchev–Trinajstić information content (AvgIpc) is 2.71. The van der Waals surface area contributed by atoms with Gasteiger partial charge in [0.15, 0.2) is 5.71 Å². The zero-order chi connectivity index (χ0) is 19.2. The molecule has 0 aromatic heterocycles. The van der Waals surface area contributed by atoms with Crippen molar-refractivity contribution >= 4 is 34.0 Å². The second-order valence-electron chi connectivity index (χ2n) is 5.74. The van der Waals surface area contributed by atoms with E-state index in [9.17, 15) is 4.79 Å². The van der Waals surface area contributed by atoms with Crippen molar-refractivity contribution in [3.63, 3.8) is 0 Å². The Labute approximate surface area is 162 Å². The molecule has 0 aliphatic rings. The highest BCUT2D eigenvalue weighted by atomic mass is 35.5. The monoisotopic (exact) mass is 382 g/mol. The van der Waals surface area contributed by atoms with Crippen LogP contribution in [0.4, 0.5) is 0 Å². The molecular weight excluding hydrogens is 364 g/mol. The maximum absolute atomic E-state index is 12.2. The van der Waals surface area contributed by atoms with Crippen LogP contribution < -0.4 is 10.1 Å². The van der Waals surface area contributed by atoms with E-state index in [2.05, 4.69) is 10.5 Å². The lowest BCUT2D eigenvalue weighted by Gasteiger charge is -2.14. The van der Waals surface area contributed by atoms with Gasteiger partial charge in [-0.15, -0.1) is 0 Å². The molecule has 1 N–H and O–H groups in total. The van der Waals surface area contributed by atoms with Gasteiger partial charge in [-0.1, -0.05) is 65.3 Å². The Morgan fingerprint density at radius 2 is 1.74 bits per heavy atom. The smallest absolute Gasteiger partial charge is 0.273 e. The van der Waals surface area contributed by atoms with Crippen LogP contribution >= 0.6 is 11.6 Å². The number of halogens is 1. The quantitative estimate of drug-likeness (QED) is 0.514. The lowest BCUT2D eigenvalue weighted by atomic mass is 10.0. The molecule has 3 aromatic carbocycles. The molecule has 0 radical (unpaired) electrons. The highest BCUT2D eigenvalue weighted by molar-refractivity contribution is 6.45. The molecule has 0 aliphatic carbocycles. The molecule has 3 aromatic rings. The highest BCUT2D eigenvalue weighted by Gasteiger charge is 2.17. The van der Waals surface area contributed by atoms with Gasteiger partial charge >= 0.3 is 0 Å². The van der Waals surface area contributed by atoms with Crippen LogP contribution in [0.1, 0.15) is 11.1 Å².